The second-order valence-corrected chi connectivity index (χ2v) is 16.2. The summed E-state index contributed by atoms with van der Waals surface area (Å²) < 4.78 is 13.6. The van der Waals surface area contributed by atoms with Crippen LogP contribution in [0.5, 0.6) is 5.88 Å². The summed E-state index contributed by atoms with van der Waals surface area (Å²) in [5.74, 6) is 1.41. The van der Waals surface area contributed by atoms with Gasteiger partial charge < -0.3 is 24.2 Å². The molecule has 5 aliphatic rings. The Hall–Kier alpha value is -3.55. The zero-order valence-electron chi connectivity index (χ0n) is 28.3. The minimum Gasteiger partial charge on any atom is -0.475 e. The van der Waals surface area contributed by atoms with Gasteiger partial charge in [0.1, 0.15) is 29.7 Å². The zero-order chi connectivity index (χ0) is 33.2. The Balaban J connectivity index is 1.18. The van der Waals surface area contributed by atoms with E-state index in [-0.39, 0.29) is 23.7 Å². The van der Waals surface area contributed by atoms with Crippen LogP contribution < -0.4 is 14.5 Å². The topological polar surface area (TPSA) is 85.2 Å². The number of pyridine rings is 1. The van der Waals surface area contributed by atoms with Gasteiger partial charge in [-0.3, -0.25) is 4.90 Å². The van der Waals surface area contributed by atoms with Gasteiger partial charge in [0.25, 0.3) is 0 Å². The molecular formula is C38H45BrN6O3. The van der Waals surface area contributed by atoms with E-state index in [2.05, 4.69) is 73.1 Å². The third-order valence-corrected chi connectivity index (χ3v) is 12.0. The number of likely N-dealkylation sites (tertiary alicyclic amines) is 1. The molecule has 9 nitrogen and oxygen atoms in total. The van der Waals surface area contributed by atoms with Crippen LogP contribution in [0.1, 0.15) is 76.0 Å². The molecule has 252 valence electrons. The lowest BCUT2D eigenvalue weighted by molar-refractivity contribution is 0.0209. The fraction of sp³-hybridized carbons (Fsp3) is 0.553. The van der Waals surface area contributed by atoms with Gasteiger partial charge in [-0.25, -0.2) is 4.79 Å². The average Bonchev–Trinajstić information content (AvgIpc) is 3.72. The quantitative estimate of drug-likeness (QED) is 0.279. The lowest BCUT2D eigenvalue weighted by Crippen LogP contribution is -2.57. The molecule has 1 amide bonds. The van der Waals surface area contributed by atoms with Crippen LogP contribution in [0.2, 0.25) is 0 Å². The number of rotatable bonds is 5. The summed E-state index contributed by atoms with van der Waals surface area (Å²) in [5, 5.41) is 13.1. The molecule has 0 spiro atoms. The molecule has 0 radical (unpaired) electrons. The van der Waals surface area contributed by atoms with Gasteiger partial charge in [0.15, 0.2) is 0 Å². The van der Waals surface area contributed by atoms with Crippen molar-refractivity contribution in [3.05, 3.63) is 57.6 Å². The Morgan fingerprint density at radius 3 is 2.44 bits per heavy atom. The largest absolute Gasteiger partial charge is 0.475 e. The Labute approximate surface area is 291 Å². The van der Waals surface area contributed by atoms with E-state index in [9.17, 15) is 10.1 Å². The number of halogens is 1. The van der Waals surface area contributed by atoms with Gasteiger partial charge in [-0.2, -0.15) is 10.2 Å². The molecule has 6 heterocycles. The standard InChI is InChI=1S/C38H45BrN6O3/c1-37(2,3)48-36(46)43-21-26-12-13-27(22-43)45(26)34-28-14-19-42(32-11-5-9-25-8-4-10-31(39)33(25)32)23-30(28)29(20-40)35(41-34)47-24-38-15-6-17-44(38)18-7-16-38/h4-5,8-11,26-27H,6-7,12-19,21-24H2,1-3H3/t26-,27+. The van der Waals surface area contributed by atoms with Gasteiger partial charge in [-0.15, -0.1) is 0 Å². The molecule has 0 N–H and O–H groups in total. The molecule has 8 rings (SSSR count). The normalized spacial score (nSPS) is 23.3. The number of nitriles is 1. The van der Waals surface area contributed by atoms with E-state index in [1.54, 1.807) is 0 Å². The minimum atomic E-state index is -0.535. The van der Waals surface area contributed by atoms with Crippen LogP contribution in [-0.4, -0.2) is 83.4 Å². The molecule has 48 heavy (non-hydrogen) atoms. The van der Waals surface area contributed by atoms with Crippen LogP contribution in [0, 0.1) is 11.3 Å². The molecule has 10 heteroatoms. The third-order valence-electron chi connectivity index (χ3n) is 11.3. The highest BCUT2D eigenvalue weighted by Gasteiger charge is 2.47. The van der Waals surface area contributed by atoms with Crippen molar-refractivity contribution in [1.29, 1.82) is 5.26 Å². The minimum absolute atomic E-state index is 0.0454. The van der Waals surface area contributed by atoms with Gasteiger partial charge in [0.2, 0.25) is 5.88 Å². The zero-order valence-corrected chi connectivity index (χ0v) is 29.9. The number of piperazine rings is 1. The van der Waals surface area contributed by atoms with Gasteiger partial charge in [-0.05, 0) is 96.3 Å². The molecular weight excluding hydrogens is 668 g/mol. The molecule has 0 unspecified atom stereocenters. The van der Waals surface area contributed by atoms with E-state index >= 15 is 0 Å². The number of carbonyl (C=O) groups excluding carboxylic acids is 1. The number of amides is 1. The molecule has 2 bridgehead atoms. The van der Waals surface area contributed by atoms with E-state index in [0.717, 1.165) is 78.8 Å². The molecule has 3 aromatic rings. The van der Waals surface area contributed by atoms with Crippen molar-refractivity contribution in [3.63, 3.8) is 0 Å². The average molecular weight is 714 g/mol. The van der Waals surface area contributed by atoms with Crippen molar-refractivity contribution in [3.8, 4) is 11.9 Å². The molecule has 1 aromatic heterocycles. The van der Waals surface area contributed by atoms with Crippen molar-refractivity contribution in [2.45, 2.75) is 95.5 Å². The summed E-state index contributed by atoms with van der Waals surface area (Å²) in [7, 11) is 0. The second kappa shape index (κ2) is 12.1. The lowest BCUT2D eigenvalue weighted by atomic mass is 9.93. The maximum absolute atomic E-state index is 13.1. The molecule has 5 aliphatic heterocycles. The van der Waals surface area contributed by atoms with Gasteiger partial charge in [0, 0.05) is 64.9 Å². The third kappa shape index (κ3) is 5.47. The van der Waals surface area contributed by atoms with Crippen LogP contribution in [0.25, 0.3) is 10.8 Å². The number of fused-ring (bicyclic) bond motifs is 5. The molecule has 0 saturated carbocycles. The number of aromatic nitrogens is 1. The van der Waals surface area contributed by atoms with Gasteiger partial charge >= 0.3 is 6.09 Å². The molecule has 0 aliphatic carbocycles. The Bertz CT molecular complexity index is 1770. The summed E-state index contributed by atoms with van der Waals surface area (Å²) >= 11 is 3.82. The van der Waals surface area contributed by atoms with Crippen LogP contribution in [0.15, 0.2) is 40.9 Å². The number of hydrogen-bond acceptors (Lipinski definition) is 8. The summed E-state index contributed by atoms with van der Waals surface area (Å²) in [6, 6.07) is 15.6. The Kier molecular flexibility index (Phi) is 7.99. The highest BCUT2D eigenvalue weighted by molar-refractivity contribution is 9.10. The van der Waals surface area contributed by atoms with Crippen molar-refractivity contribution in [2.24, 2.45) is 0 Å². The summed E-state index contributed by atoms with van der Waals surface area (Å²) in [5.41, 5.74) is 3.41. The summed E-state index contributed by atoms with van der Waals surface area (Å²) in [6.45, 7) is 11.2. The molecule has 2 aromatic carbocycles. The van der Waals surface area contributed by atoms with Crippen LogP contribution in [0.3, 0.4) is 0 Å². The first-order valence-electron chi connectivity index (χ1n) is 17.7. The van der Waals surface area contributed by atoms with E-state index in [0.29, 0.717) is 37.7 Å². The van der Waals surface area contributed by atoms with Crippen molar-refractivity contribution in [1.82, 2.24) is 14.8 Å². The number of anilines is 2. The monoisotopic (exact) mass is 712 g/mol. The summed E-state index contributed by atoms with van der Waals surface area (Å²) in [4.78, 5) is 27.8. The van der Waals surface area contributed by atoms with Crippen molar-refractivity contribution in [2.75, 3.05) is 49.1 Å². The number of hydrogen-bond donors (Lipinski definition) is 0. The maximum Gasteiger partial charge on any atom is 0.410 e. The van der Waals surface area contributed by atoms with Crippen molar-refractivity contribution < 1.29 is 14.3 Å². The first-order valence-corrected chi connectivity index (χ1v) is 18.5. The first-order chi connectivity index (χ1) is 23.1. The van der Waals surface area contributed by atoms with E-state index in [4.69, 9.17) is 14.5 Å². The number of carbonyl (C=O) groups is 1. The van der Waals surface area contributed by atoms with E-state index < -0.39 is 5.60 Å². The van der Waals surface area contributed by atoms with Crippen molar-refractivity contribution >= 4 is 44.3 Å². The molecule has 2 atom stereocenters. The first kappa shape index (κ1) is 31.7. The highest BCUT2D eigenvalue weighted by atomic mass is 79.9. The predicted octanol–water partition coefficient (Wildman–Crippen LogP) is 7.03. The molecule has 4 saturated heterocycles. The van der Waals surface area contributed by atoms with Crippen LogP contribution in [-0.2, 0) is 17.7 Å². The fourth-order valence-corrected chi connectivity index (χ4v) is 9.74. The van der Waals surface area contributed by atoms with Crippen LogP contribution >= 0.6 is 15.9 Å². The SMILES string of the molecule is CC(C)(C)OC(=O)N1C[C@H]2CC[C@@H](C1)N2c1nc(OCC23CCCN2CCC3)c(C#N)c2c1CCN(c1cccc3cccc(Br)c13)C2. The predicted molar refractivity (Wildman–Crippen MR) is 191 cm³/mol. The highest BCUT2D eigenvalue weighted by Crippen LogP contribution is 2.44. The van der Waals surface area contributed by atoms with E-state index in [1.807, 2.05) is 25.7 Å². The maximum atomic E-state index is 13.1. The smallest absolute Gasteiger partial charge is 0.410 e. The lowest BCUT2D eigenvalue weighted by Gasteiger charge is -2.44. The molecule has 4 fully saturated rings. The summed E-state index contributed by atoms with van der Waals surface area (Å²) in [6.07, 6.45) is 7.16. The Morgan fingerprint density at radius 1 is 1.04 bits per heavy atom. The van der Waals surface area contributed by atoms with Gasteiger partial charge in [0.05, 0.1) is 5.54 Å². The number of ether oxygens (including phenoxy) is 2. The number of benzene rings is 2. The van der Waals surface area contributed by atoms with Crippen LogP contribution in [0.4, 0.5) is 16.3 Å². The Morgan fingerprint density at radius 2 is 1.75 bits per heavy atom. The van der Waals surface area contributed by atoms with Gasteiger partial charge in [-0.1, -0.05) is 40.2 Å². The fourth-order valence-electron chi connectivity index (χ4n) is 9.15. The second-order valence-electron chi connectivity index (χ2n) is 15.4. The number of nitrogens with zero attached hydrogens (tertiary/aromatic N) is 6. The van der Waals surface area contributed by atoms with E-state index in [1.165, 1.54) is 23.6 Å².